The Balaban J connectivity index is 0.00000401. The van der Waals surface area contributed by atoms with Crippen LogP contribution in [0.5, 0.6) is 11.5 Å². The molecule has 0 amide bonds. The van der Waals surface area contributed by atoms with Crippen LogP contribution < -0.4 is 4.74 Å². The molecular weight excluding hydrogens is 770 g/mol. The monoisotopic (exact) mass is 808 g/mol. The summed E-state index contributed by atoms with van der Waals surface area (Å²) in [6.45, 7) is 17.4. The normalized spacial score (nSPS) is 11.6. The van der Waals surface area contributed by atoms with Crippen LogP contribution in [0.4, 0.5) is 0 Å². The predicted octanol–water partition coefficient (Wildman–Crippen LogP) is 11.1. The van der Waals surface area contributed by atoms with Gasteiger partial charge in [-0.05, 0) is 102 Å². The third-order valence-corrected chi connectivity index (χ3v) is 9.14. The van der Waals surface area contributed by atoms with Crippen molar-refractivity contribution in [3.63, 3.8) is 0 Å². The quantitative estimate of drug-likeness (QED) is 0.163. The molecular formula is C43H39N3OPt. The zero-order valence-electron chi connectivity index (χ0n) is 28.7. The fourth-order valence-electron chi connectivity index (χ4n) is 6.27. The molecule has 0 N–H and O–H groups in total. The summed E-state index contributed by atoms with van der Waals surface area (Å²) in [4.78, 5) is 9.62. The van der Waals surface area contributed by atoms with Gasteiger partial charge < -0.3 is 14.3 Å². The van der Waals surface area contributed by atoms with E-state index in [4.69, 9.17) is 14.7 Å². The summed E-state index contributed by atoms with van der Waals surface area (Å²) in [5.41, 5.74) is 13.5. The molecule has 0 fully saturated rings. The Bertz CT molecular complexity index is 2330. The fraction of sp³-hybridized carbons (Fsp3) is 0.209. The predicted molar refractivity (Wildman–Crippen MR) is 194 cm³/mol. The number of aryl methyl sites for hydroxylation is 5. The first-order valence-corrected chi connectivity index (χ1v) is 16.2. The minimum Gasteiger partial charge on any atom is -0.503 e. The van der Waals surface area contributed by atoms with Gasteiger partial charge >= 0.3 is 21.1 Å². The Labute approximate surface area is 298 Å². The van der Waals surface area contributed by atoms with Crippen molar-refractivity contribution in [2.75, 3.05) is 0 Å². The van der Waals surface area contributed by atoms with Crippen LogP contribution in [0.25, 0.3) is 50.0 Å². The smallest absolute Gasteiger partial charge is 0.503 e. The molecule has 3 aromatic heterocycles. The summed E-state index contributed by atoms with van der Waals surface area (Å²) in [6.07, 6.45) is 3.88. The first-order valence-electron chi connectivity index (χ1n) is 16.2. The molecule has 0 bridgehead atoms. The Morgan fingerprint density at radius 1 is 0.646 bits per heavy atom. The van der Waals surface area contributed by atoms with Crippen LogP contribution in [0, 0.1) is 46.8 Å². The minimum absolute atomic E-state index is 0. The molecule has 0 spiro atoms. The van der Waals surface area contributed by atoms with Crippen molar-refractivity contribution in [2.45, 2.75) is 60.8 Å². The summed E-state index contributed by atoms with van der Waals surface area (Å²) in [5, 5.41) is 2.29. The van der Waals surface area contributed by atoms with E-state index in [9.17, 15) is 0 Å². The van der Waals surface area contributed by atoms with Crippen LogP contribution in [-0.4, -0.2) is 14.5 Å². The van der Waals surface area contributed by atoms with E-state index in [1.165, 1.54) is 38.8 Å². The summed E-state index contributed by atoms with van der Waals surface area (Å²) in [7, 11) is 0. The van der Waals surface area contributed by atoms with Gasteiger partial charge in [0.25, 0.3) is 0 Å². The molecule has 3 heterocycles. The average Bonchev–Trinajstić information content (AvgIpc) is 3.35. The van der Waals surface area contributed by atoms with Crippen molar-refractivity contribution in [3.05, 3.63) is 137 Å². The molecule has 0 saturated heterocycles. The molecule has 7 rings (SSSR count). The number of rotatable bonds is 5. The summed E-state index contributed by atoms with van der Waals surface area (Å²) >= 11 is 0. The maximum atomic E-state index is 6.45. The van der Waals surface area contributed by atoms with E-state index in [1.807, 2.05) is 36.7 Å². The molecule has 4 nitrogen and oxygen atoms in total. The van der Waals surface area contributed by atoms with Crippen LogP contribution in [0.15, 0.2) is 91.3 Å². The SMILES string of the molecule is Cc1ccc(-c2cc(-c3[c-]c(Oc4[c-]c5c(cc4)c4cc(C(C)(C)C)ccc4n5-c4cc(C)c(C)cn4)ccc3)ncc2C)c(C)c1.[Pt+2]. The number of benzene rings is 4. The van der Waals surface area contributed by atoms with Gasteiger partial charge in [0.05, 0.1) is 0 Å². The Hall–Kier alpha value is -4.53. The van der Waals surface area contributed by atoms with Crippen molar-refractivity contribution >= 4 is 21.8 Å². The molecule has 4 aromatic carbocycles. The van der Waals surface area contributed by atoms with E-state index in [-0.39, 0.29) is 26.5 Å². The first-order chi connectivity index (χ1) is 22.5. The number of hydrogen-bond acceptors (Lipinski definition) is 3. The number of aromatic nitrogens is 3. The maximum absolute atomic E-state index is 6.45. The minimum atomic E-state index is 0. The number of fused-ring (bicyclic) bond motifs is 3. The van der Waals surface area contributed by atoms with Crippen LogP contribution >= 0.6 is 0 Å². The second-order valence-corrected chi connectivity index (χ2v) is 13.8. The van der Waals surface area contributed by atoms with Crippen LogP contribution in [0.3, 0.4) is 0 Å². The second kappa shape index (κ2) is 12.8. The molecule has 242 valence electrons. The molecule has 0 radical (unpaired) electrons. The van der Waals surface area contributed by atoms with E-state index in [0.717, 1.165) is 44.6 Å². The van der Waals surface area contributed by atoms with Crippen molar-refractivity contribution in [1.29, 1.82) is 0 Å². The standard InChI is InChI=1S/C43H39N3O.Pt/c1-26-12-15-35(28(3)18-26)37-23-39(44-25-30(37)5)31-10-9-11-33(20-31)47-34-14-16-36-38-21-32(43(6,7)8)13-17-40(38)46(41(36)22-34)42-19-27(2)29(4)24-45-42;/h9-19,21,23-25H,1-8H3;/q-2;+2. The fourth-order valence-corrected chi connectivity index (χ4v) is 6.27. The van der Waals surface area contributed by atoms with Gasteiger partial charge in [0, 0.05) is 29.4 Å². The van der Waals surface area contributed by atoms with Crippen molar-refractivity contribution < 1.29 is 25.8 Å². The van der Waals surface area contributed by atoms with Crippen molar-refractivity contribution in [3.8, 4) is 39.7 Å². The Kier molecular flexibility index (Phi) is 8.91. The Morgan fingerprint density at radius 3 is 2.17 bits per heavy atom. The summed E-state index contributed by atoms with van der Waals surface area (Å²) in [5.74, 6) is 2.09. The Morgan fingerprint density at radius 2 is 1.42 bits per heavy atom. The van der Waals surface area contributed by atoms with E-state index in [1.54, 1.807) is 0 Å². The van der Waals surface area contributed by atoms with Gasteiger partial charge in [-0.1, -0.05) is 74.3 Å². The molecule has 0 saturated carbocycles. The van der Waals surface area contributed by atoms with E-state index in [2.05, 4.69) is 127 Å². The molecule has 5 heteroatoms. The van der Waals surface area contributed by atoms with E-state index in [0.29, 0.717) is 11.5 Å². The van der Waals surface area contributed by atoms with Crippen LogP contribution in [-0.2, 0) is 26.5 Å². The third kappa shape index (κ3) is 6.22. The zero-order chi connectivity index (χ0) is 33.0. The van der Waals surface area contributed by atoms with Gasteiger partial charge in [0.1, 0.15) is 5.82 Å². The third-order valence-electron chi connectivity index (χ3n) is 9.14. The molecule has 0 unspecified atom stereocenters. The largest absolute Gasteiger partial charge is 2.00 e. The number of hydrogen-bond donors (Lipinski definition) is 0. The first kappa shape index (κ1) is 33.4. The topological polar surface area (TPSA) is 39.9 Å². The molecule has 0 aliphatic heterocycles. The van der Waals surface area contributed by atoms with E-state index >= 15 is 0 Å². The van der Waals surface area contributed by atoms with Crippen LogP contribution in [0.1, 0.15) is 54.2 Å². The van der Waals surface area contributed by atoms with Gasteiger partial charge in [-0.15, -0.1) is 41.3 Å². The molecule has 7 aromatic rings. The van der Waals surface area contributed by atoms with Gasteiger partial charge in [-0.3, -0.25) is 0 Å². The second-order valence-electron chi connectivity index (χ2n) is 13.8. The van der Waals surface area contributed by atoms with Crippen molar-refractivity contribution in [1.82, 2.24) is 14.5 Å². The molecule has 0 aliphatic carbocycles. The molecule has 48 heavy (non-hydrogen) atoms. The van der Waals surface area contributed by atoms with Gasteiger partial charge in [0.2, 0.25) is 0 Å². The zero-order valence-corrected chi connectivity index (χ0v) is 31.0. The number of ether oxygens (including phenoxy) is 1. The van der Waals surface area contributed by atoms with Gasteiger partial charge in [-0.25, -0.2) is 4.98 Å². The van der Waals surface area contributed by atoms with Gasteiger partial charge in [-0.2, -0.15) is 6.07 Å². The van der Waals surface area contributed by atoms with Gasteiger partial charge in [0.15, 0.2) is 0 Å². The number of pyridine rings is 2. The maximum Gasteiger partial charge on any atom is 2.00 e. The van der Waals surface area contributed by atoms with Crippen LogP contribution in [0.2, 0.25) is 0 Å². The molecule has 0 aliphatic rings. The van der Waals surface area contributed by atoms with Crippen molar-refractivity contribution in [2.24, 2.45) is 0 Å². The summed E-state index contributed by atoms with van der Waals surface area (Å²) in [6, 6.07) is 34.8. The average molecular weight is 809 g/mol. The van der Waals surface area contributed by atoms with E-state index < -0.39 is 0 Å². The number of nitrogens with zero attached hydrogens (tertiary/aromatic N) is 3. The summed E-state index contributed by atoms with van der Waals surface area (Å²) < 4.78 is 8.65. The molecule has 0 atom stereocenters.